The van der Waals surface area contributed by atoms with Crippen molar-refractivity contribution in [2.75, 3.05) is 6.54 Å². The summed E-state index contributed by atoms with van der Waals surface area (Å²) in [5.74, 6) is 0. The molecular formula is C7H11N3. The van der Waals surface area contributed by atoms with Gasteiger partial charge in [-0.1, -0.05) is 29.9 Å². The van der Waals surface area contributed by atoms with E-state index in [0.717, 1.165) is 12.8 Å². The Balaban J connectivity index is 3.12. The van der Waals surface area contributed by atoms with Crippen LogP contribution in [0.4, 0.5) is 0 Å². The van der Waals surface area contributed by atoms with E-state index in [1.54, 1.807) is 6.08 Å². The average Bonchev–Trinajstić information content (AvgIpc) is 1.97. The lowest BCUT2D eigenvalue weighted by Gasteiger charge is -1.85. The SMILES string of the molecule is C=C/C=C/CCCN=[N+]=[N-]. The van der Waals surface area contributed by atoms with Crippen LogP contribution in [-0.4, -0.2) is 6.54 Å². The fraction of sp³-hybridized carbons (Fsp3) is 0.429. The summed E-state index contributed by atoms with van der Waals surface area (Å²) >= 11 is 0. The molecule has 3 nitrogen and oxygen atoms in total. The minimum Gasteiger partial charge on any atom is -0.0991 e. The highest BCUT2D eigenvalue weighted by Crippen LogP contribution is 1.91. The van der Waals surface area contributed by atoms with Crippen molar-refractivity contribution >= 4 is 0 Å². The predicted octanol–water partition coefficient (Wildman–Crippen LogP) is 2.82. The van der Waals surface area contributed by atoms with Crippen molar-refractivity contribution < 1.29 is 0 Å². The lowest BCUT2D eigenvalue weighted by molar-refractivity contribution is 0.848. The molecule has 3 heteroatoms. The number of allylic oxidation sites excluding steroid dienone is 3. The van der Waals surface area contributed by atoms with E-state index in [2.05, 4.69) is 16.6 Å². The summed E-state index contributed by atoms with van der Waals surface area (Å²) in [6, 6.07) is 0. The Bertz CT molecular complexity index is 154. The Labute approximate surface area is 60.7 Å². The summed E-state index contributed by atoms with van der Waals surface area (Å²) in [5.41, 5.74) is 7.89. The number of azide groups is 1. The van der Waals surface area contributed by atoms with Gasteiger partial charge in [-0.15, -0.1) is 0 Å². The van der Waals surface area contributed by atoms with Crippen molar-refractivity contribution in [3.05, 3.63) is 35.2 Å². The fourth-order valence-corrected chi connectivity index (χ4v) is 0.517. The molecule has 0 aromatic carbocycles. The maximum atomic E-state index is 7.89. The number of hydrogen-bond acceptors (Lipinski definition) is 1. The number of rotatable bonds is 5. The first-order valence-electron chi connectivity index (χ1n) is 3.20. The van der Waals surface area contributed by atoms with Crippen molar-refractivity contribution in [2.24, 2.45) is 5.11 Å². The van der Waals surface area contributed by atoms with E-state index in [1.165, 1.54) is 0 Å². The minimum absolute atomic E-state index is 0.581. The van der Waals surface area contributed by atoms with E-state index in [1.807, 2.05) is 12.2 Å². The lowest BCUT2D eigenvalue weighted by atomic mass is 10.3. The zero-order chi connectivity index (χ0) is 7.66. The third-order valence-corrected chi connectivity index (χ3v) is 0.964. The normalized spacial score (nSPS) is 9.20. The molecule has 0 saturated heterocycles. The molecule has 0 aliphatic carbocycles. The van der Waals surface area contributed by atoms with Gasteiger partial charge in [-0.3, -0.25) is 0 Å². The van der Waals surface area contributed by atoms with E-state index in [9.17, 15) is 0 Å². The predicted molar refractivity (Wildman–Crippen MR) is 42.6 cm³/mol. The zero-order valence-corrected chi connectivity index (χ0v) is 5.90. The van der Waals surface area contributed by atoms with E-state index in [-0.39, 0.29) is 0 Å². The topological polar surface area (TPSA) is 48.8 Å². The molecule has 0 aliphatic rings. The smallest absolute Gasteiger partial charge is 0.0260 e. The van der Waals surface area contributed by atoms with Gasteiger partial charge in [0.15, 0.2) is 0 Å². The van der Waals surface area contributed by atoms with Crippen molar-refractivity contribution in [3.8, 4) is 0 Å². The van der Waals surface area contributed by atoms with Gasteiger partial charge in [0.25, 0.3) is 0 Å². The van der Waals surface area contributed by atoms with Crippen LogP contribution < -0.4 is 0 Å². The van der Waals surface area contributed by atoms with E-state index < -0.39 is 0 Å². The molecule has 0 N–H and O–H groups in total. The molecule has 0 atom stereocenters. The summed E-state index contributed by atoms with van der Waals surface area (Å²) in [5, 5.41) is 3.39. The molecular weight excluding hydrogens is 126 g/mol. The number of hydrogen-bond donors (Lipinski definition) is 0. The van der Waals surface area contributed by atoms with Crippen LogP contribution in [0.5, 0.6) is 0 Å². The largest absolute Gasteiger partial charge is 0.0991 e. The van der Waals surface area contributed by atoms with Crippen molar-refractivity contribution in [1.82, 2.24) is 0 Å². The van der Waals surface area contributed by atoms with Gasteiger partial charge in [-0.2, -0.15) is 0 Å². The molecule has 0 aromatic rings. The number of nitrogens with zero attached hydrogens (tertiary/aromatic N) is 3. The standard InChI is InChI=1S/C7H11N3/c1-2-3-4-5-6-7-9-10-8/h2-4H,1,5-7H2/b4-3+. The van der Waals surface area contributed by atoms with Crippen LogP contribution in [0.25, 0.3) is 10.4 Å². The summed E-state index contributed by atoms with van der Waals surface area (Å²) in [4.78, 5) is 2.63. The molecule has 0 heterocycles. The van der Waals surface area contributed by atoms with Crippen LogP contribution in [0.2, 0.25) is 0 Å². The van der Waals surface area contributed by atoms with E-state index >= 15 is 0 Å². The maximum Gasteiger partial charge on any atom is 0.0260 e. The molecule has 54 valence electrons. The summed E-state index contributed by atoms with van der Waals surface area (Å²) in [7, 11) is 0. The van der Waals surface area contributed by atoms with Crippen molar-refractivity contribution in [3.63, 3.8) is 0 Å². The summed E-state index contributed by atoms with van der Waals surface area (Å²) in [6.45, 7) is 4.11. The average molecular weight is 137 g/mol. The highest BCUT2D eigenvalue weighted by atomic mass is 15.1. The molecule has 10 heavy (non-hydrogen) atoms. The molecule has 0 spiro atoms. The van der Waals surface area contributed by atoms with Gasteiger partial charge in [0.1, 0.15) is 0 Å². The second kappa shape index (κ2) is 7.79. The Morgan fingerprint density at radius 2 is 2.40 bits per heavy atom. The van der Waals surface area contributed by atoms with Crippen LogP contribution in [0, 0.1) is 0 Å². The highest BCUT2D eigenvalue weighted by molar-refractivity contribution is 4.96. The van der Waals surface area contributed by atoms with Gasteiger partial charge >= 0.3 is 0 Å². The quantitative estimate of drug-likeness (QED) is 0.184. The zero-order valence-electron chi connectivity index (χ0n) is 5.90. The lowest BCUT2D eigenvalue weighted by Crippen LogP contribution is -1.74. The van der Waals surface area contributed by atoms with E-state index in [4.69, 9.17) is 5.53 Å². The van der Waals surface area contributed by atoms with E-state index in [0.29, 0.717) is 6.54 Å². The van der Waals surface area contributed by atoms with Gasteiger partial charge in [0, 0.05) is 11.5 Å². The highest BCUT2D eigenvalue weighted by Gasteiger charge is 1.78. The van der Waals surface area contributed by atoms with Gasteiger partial charge in [0.05, 0.1) is 0 Å². The molecule has 0 saturated carbocycles. The molecule has 0 amide bonds. The Kier molecular flexibility index (Phi) is 6.85. The second-order valence-corrected chi connectivity index (χ2v) is 1.76. The summed E-state index contributed by atoms with van der Waals surface area (Å²) in [6.07, 6.45) is 7.48. The molecule has 0 rings (SSSR count). The maximum absolute atomic E-state index is 7.89. The molecule has 0 aromatic heterocycles. The minimum atomic E-state index is 0.581. The number of unbranched alkanes of at least 4 members (excludes halogenated alkanes) is 1. The molecule has 0 fully saturated rings. The third-order valence-electron chi connectivity index (χ3n) is 0.964. The van der Waals surface area contributed by atoms with Crippen molar-refractivity contribution in [1.29, 1.82) is 0 Å². The van der Waals surface area contributed by atoms with Crippen LogP contribution in [0.1, 0.15) is 12.8 Å². The Morgan fingerprint density at radius 3 is 3.00 bits per heavy atom. The van der Waals surface area contributed by atoms with Gasteiger partial charge < -0.3 is 0 Å². The first kappa shape index (κ1) is 8.79. The molecule has 0 aliphatic heterocycles. The Morgan fingerprint density at radius 1 is 1.60 bits per heavy atom. The first-order valence-corrected chi connectivity index (χ1v) is 3.20. The molecule has 0 radical (unpaired) electrons. The summed E-state index contributed by atoms with van der Waals surface area (Å²) < 4.78 is 0. The van der Waals surface area contributed by atoms with Crippen LogP contribution >= 0.6 is 0 Å². The fourth-order valence-electron chi connectivity index (χ4n) is 0.517. The van der Waals surface area contributed by atoms with Gasteiger partial charge in [0.2, 0.25) is 0 Å². The van der Waals surface area contributed by atoms with Crippen LogP contribution in [0.3, 0.4) is 0 Å². The van der Waals surface area contributed by atoms with Gasteiger partial charge in [-0.25, -0.2) is 0 Å². The Hall–Kier alpha value is -1.21. The van der Waals surface area contributed by atoms with Gasteiger partial charge in [-0.05, 0) is 18.4 Å². The molecule has 0 bridgehead atoms. The van der Waals surface area contributed by atoms with Crippen LogP contribution in [-0.2, 0) is 0 Å². The van der Waals surface area contributed by atoms with Crippen molar-refractivity contribution in [2.45, 2.75) is 12.8 Å². The van der Waals surface area contributed by atoms with Crippen LogP contribution in [0.15, 0.2) is 29.9 Å². The first-order chi connectivity index (χ1) is 4.91. The second-order valence-electron chi connectivity index (χ2n) is 1.76. The molecule has 0 unspecified atom stereocenters. The third kappa shape index (κ3) is 6.79. The monoisotopic (exact) mass is 137 g/mol.